The summed E-state index contributed by atoms with van der Waals surface area (Å²) in [5, 5.41) is 10.3. The van der Waals surface area contributed by atoms with Crippen LogP contribution in [-0.4, -0.2) is 4.98 Å². The lowest BCUT2D eigenvalue weighted by Crippen LogP contribution is -2.15. The number of fused-ring (bicyclic) bond motifs is 3. The number of anilines is 1. The van der Waals surface area contributed by atoms with Gasteiger partial charge in [-0.3, -0.25) is 0 Å². The van der Waals surface area contributed by atoms with Crippen molar-refractivity contribution in [2.75, 3.05) is 5.73 Å². The minimum Gasteiger partial charge on any atom is -0.383 e. The highest BCUT2D eigenvalue weighted by molar-refractivity contribution is 6.31. The van der Waals surface area contributed by atoms with Crippen LogP contribution in [0.3, 0.4) is 0 Å². The zero-order valence-corrected chi connectivity index (χ0v) is 13.6. The van der Waals surface area contributed by atoms with Crippen LogP contribution in [0.25, 0.3) is 11.1 Å². The summed E-state index contributed by atoms with van der Waals surface area (Å²) in [6.45, 7) is 0. The van der Waals surface area contributed by atoms with E-state index in [2.05, 4.69) is 23.2 Å². The molecule has 1 aliphatic carbocycles. The van der Waals surface area contributed by atoms with E-state index in [1.54, 1.807) is 6.20 Å². The van der Waals surface area contributed by atoms with Crippen molar-refractivity contribution in [3.63, 3.8) is 0 Å². The van der Waals surface area contributed by atoms with Gasteiger partial charge >= 0.3 is 0 Å². The highest BCUT2D eigenvalue weighted by Crippen LogP contribution is 2.45. The van der Waals surface area contributed by atoms with E-state index in [9.17, 15) is 5.26 Å². The predicted octanol–water partition coefficient (Wildman–Crippen LogP) is 4.54. The highest BCUT2D eigenvalue weighted by atomic mass is 35.5. The van der Waals surface area contributed by atoms with Gasteiger partial charge in [0, 0.05) is 22.7 Å². The topological polar surface area (TPSA) is 62.7 Å². The first-order valence-corrected chi connectivity index (χ1v) is 8.09. The summed E-state index contributed by atoms with van der Waals surface area (Å²) in [5.74, 6) is 0.418. The maximum absolute atomic E-state index is 9.54. The fourth-order valence-electron chi connectivity index (χ4n) is 3.53. The van der Waals surface area contributed by atoms with E-state index >= 15 is 0 Å². The molecule has 0 saturated heterocycles. The number of aromatic nitrogens is 1. The third-order valence-corrected chi connectivity index (χ3v) is 4.95. The van der Waals surface area contributed by atoms with E-state index in [1.807, 2.05) is 36.4 Å². The van der Waals surface area contributed by atoms with Crippen LogP contribution in [0.2, 0.25) is 5.02 Å². The Morgan fingerprint density at radius 2 is 1.79 bits per heavy atom. The number of nitrogen functional groups attached to an aromatic ring is 1. The second kappa shape index (κ2) is 5.67. The van der Waals surface area contributed by atoms with E-state index in [4.69, 9.17) is 17.3 Å². The third-order valence-electron chi connectivity index (χ3n) is 4.61. The van der Waals surface area contributed by atoms with Crippen molar-refractivity contribution < 1.29 is 0 Å². The van der Waals surface area contributed by atoms with Gasteiger partial charge in [-0.05, 0) is 34.7 Å². The summed E-state index contributed by atoms with van der Waals surface area (Å²) in [4.78, 5) is 4.21. The lowest BCUT2D eigenvalue weighted by atomic mass is 9.75. The van der Waals surface area contributed by atoms with Crippen LogP contribution < -0.4 is 5.73 Å². The molecule has 24 heavy (non-hydrogen) atoms. The molecule has 4 heteroatoms. The molecule has 2 aromatic carbocycles. The highest BCUT2D eigenvalue weighted by Gasteiger charge is 2.29. The number of rotatable bonds is 1. The molecule has 1 unspecified atom stereocenters. The maximum atomic E-state index is 9.54. The SMILES string of the molecule is N#Cc1c(N)ncc2c1-c1ccccc1C(c1ccccc1Cl)C2. The lowest BCUT2D eigenvalue weighted by molar-refractivity contribution is 0.789. The largest absolute Gasteiger partial charge is 0.383 e. The number of hydrogen-bond donors (Lipinski definition) is 1. The van der Waals surface area contributed by atoms with Crippen molar-refractivity contribution in [1.82, 2.24) is 4.98 Å². The molecule has 0 fully saturated rings. The molecule has 0 amide bonds. The fraction of sp³-hybridized carbons (Fsp3) is 0.100. The summed E-state index contributed by atoms with van der Waals surface area (Å²) >= 11 is 6.45. The Labute approximate surface area is 145 Å². The Morgan fingerprint density at radius 3 is 2.54 bits per heavy atom. The van der Waals surface area contributed by atoms with Gasteiger partial charge in [-0.1, -0.05) is 54.1 Å². The first kappa shape index (κ1) is 14.7. The van der Waals surface area contributed by atoms with Crippen LogP contribution in [0.4, 0.5) is 5.82 Å². The monoisotopic (exact) mass is 331 g/mol. The Balaban J connectivity index is 2.00. The maximum Gasteiger partial charge on any atom is 0.141 e. The van der Waals surface area contributed by atoms with Crippen LogP contribution in [-0.2, 0) is 6.42 Å². The van der Waals surface area contributed by atoms with E-state index in [1.165, 1.54) is 5.56 Å². The van der Waals surface area contributed by atoms with Crippen LogP contribution in [0.15, 0.2) is 54.7 Å². The van der Waals surface area contributed by atoms with Gasteiger partial charge in [0.1, 0.15) is 17.5 Å². The predicted molar refractivity (Wildman–Crippen MR) is 95.8 cm³/mol. The molecule has 0 aliphatic heterocycles. The van der Waals surface area contributed by atoms with Gasteiger partial charge in [-0.15, -0.1) is 0 Å². The zero-order chi connectivity index (χ0) is 16.7. The molecule has 0 radical (unpaired) electrons. The summed E-state index contributed by atoms with van der Waals surface area (Å²) in [7, 11) is 0. The first-order valence-electron chi connectivity index (χ1n) is 7.72. The molecule has 116 valence electrons. The molecule has 3 aromatic rings. The molecule has 4 rings (SSSR count). The quantitative estimate of drug-likeness (QED) is 0.711. The zero-order valence-electron chi connectivity index (χ0n) is 12.8. The number of benzene rings is 2. The minimum atomic E-state index is 0.138. The van der Waals surface area contributed by atoms with E-state index in [0.717, 1.165) is 33.7 Å². The molecule has 1 aliphatic rings. The van der Waals surface area contributed by atoms with Gasteiger partial charge in [0.05, 0.1) is 0 Å². The summed E-state index contributed by atoms with van der Waals surface area (Å²) < 4.78 is 0. The van der Waals surface area contributed by atoms with Crippen LogP contribution in [0.1, 0.15) is 28.2 Å². The van der Waals surface area contributed by atoms with Crippen LogP contribution >= 0.6 is 11.6 Å². The number of nitrogens with two attached hydrogens (primary N) is 1. The molecule has 1 heterocycles. The van der Waals surface area contributed by atoms with E-state index < -0.39 is 0 Å². The average molecular weight is 332 g/mol. The molecular weight excluding hydrogens is 318 g/mol. The molecule has 1 aromatic heterocycles. The van der Waals surface area contributed by atoms with Crippen LogP contribution in [0.5, 0.6) is 0 Å². The average Bonchev–Trinajstić information content (AvgIpc) is 2.62. The molecule has 0 bridgehead atoms. The number of nitrogens with zero attached hydrogens (tertiary/aromatic N) is 2. The lowest BCUT2D eigenvalue weighted by Gasteiger charge is -2.29. The van der Waals surface area contributed by atoms with E-state index in [0.29, 0.717) is 5.56 Å². The first-order chi connectivity index (χ1) is 11.7. The Bertz CT molecular complexity index is 988. The Hall–Kier alpha value is -2.83. The normalized spacial score (nSPS) is 15.2. The molecule has 0 spiro atoms. The van der Waals surface area contributed by atoms with Gasteiger partial charge < -0.3 is 5.73 Å². The molecular formula is C20H14ClN3. The number of nitriles is 1. The third kappa shape index (κ3) is 2.16. The van der Waals surface area contributed by atoms with Crippen molar-refractivity contribution >= 4 is 17.4 Å². The van der Waals surface area contributed by atoms with Gasteiger partial charge in [0.2, 0.25) is 0 Å². The molecule has 3 nitrogen and oxygen atoms in total. The van der Waals surface area contributed by atoms with Gasteiger partial charge in [-0.2, -0.15) is 5.26 Å². The van der Waals surface area contributed by atoms with Crippen molar-refractivity contribution in [1.29, 1.82) is 5.26 Å². The second-order valence-corrected chi connectivity index (χ2v) is 6.30. The minimum absolute atomic E-state index is 0.138. The standard InChI is InChI=1S/C20H14ClN3/c21-18-8-4-3-6-14(18)16-9-12-11-24-20(23)17(10-22)19(12)15-7-2-1-5-13(15)16/h1-8,11,16H,9H2,(H2,23,24). The van der Waals surface area contributed by atoms with Crippen molar-refractivity contribution in [3.05, 3.63) is 82.0 Å². The van der Waals surface area contributed by atoms with Crippen LogP contribution in [0, 0.1) is 11.3 Å². The molecule has 0 saturated carbocycles. The second-order valence-electron chi connectivity index (χ2n) is 5.90. The van der Waals surface area contributed by atoms with Crippen molar-refractivity contribution in [2.45, 2.75) is 12.3 Å². The molecule has 2 N–H and O–H groups in total. The Kier molecular flexibility index (Phi) is 3.48. The number of halogens is 1. The molecule has 1 atom stereocenters. The summed E-state index contributed by atoms with van der Waals surface area (Å²) in [6, 6.07) is 18.3. The van der Waals surface area contributed by atoms with Crippen molar-refractivity contribution in [3.8, 4) is 17.2 Å². The fourth-order valence-corrected chi connectivity index (χ4v) is 3.80. The van der Waals surface area contributed by atoms with Crippen molar-refractivity contribution in [2.24, 2.45) is 0 Å². The smallest absolute Gasteiger partial charge is 0.141 e. The Morgan fingerprint density at radius 1 is 1.08 bits per heavy atom. The summed E-state index contributed by atoms with van der Waals surface area (Å²) in [6.07, 6.45) is 2.53. The van der Waals surface area contributed by atoms with Gasteiger partial charge in [0.15, 0.2) is 0 Å². The number of hydrogen-bond acceptors (Lipinski definition) is 3. The summed E-state index contributed by atoms with van der Waals surface area (Å²) in [5.41, 5.74) is 11.6. The number of pyridine rings is 1. The van der Waals surface area contributed by atoms with E-state index in [-0.39, 0.29) is 11.7 Å². The van der Waals surface area contributed by atoms with Gasteiger partial charge in [0.25, 0.3) is 0 Å². The van der Waals surface area contributed by atoms with Gasteiger partial charge in [-0.25, -0.2) is 4.98 Å².